The van der Waals surface area contributed by atoms with Crippen molar-refractivity contribution in [3.63, 3.8) is 0 Å². The fourth-order valence-corrected chi connectivity index (χ4v) is 4.16. The molecule has 0 saturated carbocycles. The second-order valence-corrected chi connectivity index (χ2v) is 7.46. The Kier molecular flexibility index (Phi) is 5.08. The van der Waals surface area contributed by atoms with E-state index in [4.69, 9.17) is 19.9 Å². The number of nitrogen functional groups attached to an aromatic ring is 1. The molecule has 0 bridgehead atoms. The summed E-state index contributed by atoms with van der Waals surface area (Å²) in [5, 5.41) is 20.5. The van der Waals surface area contributed by atoms with E-state index in [1.807, 2.05) is 49.4 Å². The first kappa shape index (κ1) is 19.8. The van der Waals surface area contributed by atoms with E-state index >= 15 is 0 Å². The maximum atomic E-state index is 10.3. The fourth-order valence-electron chi connectivity index (χ4n) is 4.16. The molecule has 6 heteroatoms. The number of fused-ring (bicyclic) bond motifs is 1. The van der Waals surface area contributed by atoms with Gasteiger partial charge in [-0.2, -0.15) is 0 Å². The fraction of sp³-hybridized carbons (Fsp3) is 0.250. The highest BCUT2D eigenvalue weighted by Crippen LogP contribution is 2.50. The largest absolute Gasteiger partial charge is 0.508 e. The number of rotatable bonds is 4. The first-order valence-corrected chi connectivity index (χ1v) is 9.70. The molecule has 0 radical (unpaired) electrons. The van der Waals surface area contributed by atoms with Gasteiger partial charge in [0.05, 0.1) is 20.8 Å². The Morgan fingerprint density at radius 3 is 2.17 bits per heavy atom. The molecule has 2 atom stereocenters. The third-order valence-corrected chi connectivity index (χ3v) is 5.78. The summed E-state index contributed by atoms with van der Waals surface area (Å²) < 4.78 is 16.8. The lowest BCUT2D eigenvalue weighted by Crippen LogP contribution is -2.26. The summed E-state index contributed by atoms with van der Waals surface area (Å²) in [5.41, 5.74) is 10.3. The highest BCUT2D eigenvalue weighted by molar-refractivity contribution is 5.58. The van der Waals surface area contributed by atoms with Gasteiger partial charge in [-0.15, -0.1) is 0 Å². The molecule has 0 aromatic heterocycles. The number of ether oxygens (including phenoxy) is 3. The van der Waals surface area contributed by atoms with Crippen LogP contribution in [0.25, 0.3) is 0 Å². The Morgan fingerprint density at radius 2 is 1.57 bits per heavy atom. The minimum Gasteiger partial charge on any atom is -0.508 e. The van der Waals surface area contributed by atoms with Crippen molar-refractivity contribution in [2.24, 2.45) is 0 Å². The molecular weight excluding hydrogens is 382 g/mol. The molecule has 1 aliphatic rings. The van der Waals surface area contributed by atoms with Crippen LogP contribution in [0.3, 0.4) is 0 Å². The van der Waals surface area contributed by atoms with E-state index in [0.29, 0.717) is 35.1 Å². The zero-order valence-corrected chi connectivity index (χ0v) is 17.2. The van der Waals surface area contributed by atoms with Crippen LogP contribution in [0, 0.1) is 6.92 Å². The average molecular weight is 407 g/mol. The molecule has 4 N–H and O–H groups in total. The van der Waals surface area contributed by atoms with Gasteiger partial charge in [0.2, 0.25) is 5.75 Å². The number of hydrogen-bond acceptors (Lipinski definition) is 6. The molecule has 2 unspecified atom stereocenters. The highest BCUT2D eigenvalue weighted by Gasteiger charge is 2.35. The number of nitrogens with two attached hydrogens (primary N) is 1. The average Bonchev–Trinajstić information content (AvgIpc) is 2.76. The predicted molar refractivity (Wildman–Crippen MR) is 115 cm³/mol. The van der Waals surface area contributed by atoms with Gasteiger partial charge in [-0.05, 0) is 48.4 Å². The Morgan fingerprint density at radius 1 is 0.933 bits per heavy atom. The van der Waals surface area contributed by atoms with Gasteiger partial charge >= 0.3 is 0 Å². The second-order valence-electron chi connectivity index (χ2n) is 7.46. The monoisotopic (exact) mass is 407 g/mol. The molecule has 6 nitrogen and oxygen atoms in total. The van der Waals surface area contributed by atoms with E-state index < -0.39 is 0 Å². The zero-order chi connectivity index (χ0) is 21.4. The van der Waals surface area contributed by atoms with Gasteiger partial charge in [0.25, 0.3) is 0 Å². The van der Waals surface area contributed by atoms with Crippen molar-refractivity contribution in [2.75, 3.05) is 26.6 Å². The van der Waals surface area contributed by atoms with Crippen LogP contribution in [0.4, 0.5) is 5.69 Å². The van der Waals surface area contributed by atoms with Crippen LogP contribution in [0.1, 0.15) is 34.1 Å². The lowest BCUT2D eigenvalue weighted by atomic mass is 9.75. The van der Waals surface area contributed by atoms with Crippen LogP contribution in [0.2, 0.25) is 0 Å². The first-order valence-electron chi connectivity index (χ1n) is 9.70. The summed E-state index contributed by atoms with van der Waals surface area (Å²) >= 11 is 0. The van der Waals surface area contributed by atoms with E-state index in [2.05, 4.69) is 0 Å². The number of anilines is 1. The second kappa shape index (κ2) is 7.71. The number of phenols is 2. The van der Waals surface area contributed by atoms with Crippen LogP contribution in [0.5, 0.6) is 28.7 Å². The molecule has 0 amide bonds. The van der Waals surface area contributed by atoms with Crippen molar-refractivity contribution < 1.29 is 24.4 Å². The van der Waals surface area contributed by atoms with Gasteiger partial charge in [-0.25, -0.2) is 0 Å². The Balaban J connectivity index is 1.91. The topological polar surface area (TPSA) is 94.2 Å². The van der Waals surface area contributed by atoms with Gasteiger partial charge in [0.1, 0.15) is 11.5 Å². The van der Waals surface area contributed by atoms with Crippen LogP contribution in [0.15, 0.2) is 48.5 Å². The molecule has 30 heavy (non-hydrogen) atoms. The smallest absolute Gasteiger partial charge is 0.200 e. The van der Waals surface area contributed by atoms with Crippen molar-refractivity contribution in [3.8, 4) is 28.7 Å². The third kappa shape index (κ3) is 3.24. The van der Waals surface area contributed by atoms with E-state index in [9.17, 15) is 10.2 Å². The van der Waals surface area contributed by atoms with E-state index in [0.717, 1.165) is 16.7 Å². The maximum Gasteiger partial charge on any atom is 0.200 e. The molecule has 1 heterocycles. The molecule has 3 aromatic rings. The number of hydrogen-bond donors (Lipinski definition) is 3. The Bertz CT molecular complexity index is 1050. The van der Waals surface area contributed by atoms with E-state index in [-0.39, 0.29) is 23.3 Å². The molecule has 156 valence electrons. The summed E-state index contributed by atoms with van der Waals surface area (Å²) in [4.78, 5) is 0. The summed E-state index contributed by atoms with van der Waals surface area (Å²) in [7, 11) is 3.02. The van der Waals surface area contributed by atoms with Crippen LogP contribution in [-0.2, 0) is 0 Å². The van der Waals surface area contributed by atoms with Gasteiger partial charge in [-0.3, -0.25) is 0 Å². The molecule has 4 rings (SSSR count). The predicted octanol–water partition coefficient (Wildman–Crippen LogP) is 4.31. The van der Waals surface area contributed by atoms with Crippen molar-refractivity contribution in [1.29, 1.82) is 0 Å². The number of benzene rings is 3. The standard InChI is InChI=1S/C24H25NO5/c1-13-19(26)9-8-17-22(14-4-6-16(25)7-5-14)18(12-30-24(13)17)15-10-20(28-2)23(27)21(11-15)29-3/h4-11,18,22,26-27H,12,25H2,1-3H3. The van der Waals surface area contributed by atoms with Crippen molar-refractivity contribution in [2.45, 2.75) is 18.8 Å². The first-order chi connectivity index (χ1) is 14.4. The molecule has 0 spiro atoms. The van der Waals surface area contributed by atoms with E-state index in [1.165, 1.54) is 14.2 Å². The van der Waals surface area contributed by atoms with Crippen LogP contribution >= 0.6 is 0 Å². The van der Waals surface area contributed by atoms with Gasteiger partial charge in [0.15, 0.2) is 11.5 Å². The van der Waals surface area contributed by atoms with Gasteiger partial charge in [0, 0.05) is 28.7 Å². The maximum absolute atomic E-state index is 10.3. The SMILES string of the molecule is COc1cc(C2COc3c(ccc(O)c3C)C2c2ccc(N)cc2)cc(OC)c1O. The molecule has 0 aliphatic carbocycles. The number of phenolic OH excluding ortho intramolecular Hbond substituents is 2. The number of methoxy groups -OCH3 is 2. The summed E-state index contributed by atoms with van der Waals surface area (Å²) in [6.07, 6.45) is 0. The minimum atomic E-state index is -0.0755. The summed E-state index contributed by atoms with van der Waals surface area (Å²) in [6, 6.07) is 15.0. The molecular formula is C24H25NO5. The van der Waals surface area contributed by atoms with Crippen molar-refractivity contribution in [1.82, 2.24) is 0 Å². The van der Waals surface area contributed by atoms with Crippen molar-refractivity contribution in [3.05, 3.63) is 70.8 Å². The van der Waals surface area contributed by atoms with Crippen LogP contribution < -0.4 is 19.9 Å². The molecule has 1 aliphatic heterocycles. The lowest BCUT2D eigenvalue weighted by Gasteiger charge is -2.35. The quantitative estimate of drug-likeness (QED) is 0.558. The summed E-state index contributed by atoms with van der Waals surface area (Å²) in [6.45, 7) is 2.24. The van der Waals surface area contributed by atoms with Gasteiger partial charge in [-0.1, -0.05) is 18.2 Å². The highest BCUT2D eigenvalue weighted by atomic mass is 16.5. The Hall–Kier alpha value is -3.54. The zero-order valence-electron chi connectivity index (χ0n) is 17.2. The van der Waals surface area contributed by atoms with Crippen LogP contribution in [-0.4, -0.2) is 31.0 Å². The Labute approximate surface area is 175 Å². The van der Waals surface area contributed by atoms with Gasteiger partial charge < -0.3 is 30.2 Å². The third-order valence-electron chi connectivity index (χ3n) is 5.78. The summed E-state index contributed by atoms with van der Waals surface area (Å²) in [5.74, 6) is 1.43. The number of aromatic hydroxyl groups is 2. The molecule has 0 fully saturated rings. The molecule has 3 aromatic carbocycles. The lowest BCUT2D eigenvalue weighted by molar-refractivity contribution is 0.244. The minimum absolute atomic E-state index is 0.0364. The van der Waals surface area contributed by atoms with Crippen molar-refractivity contribution >= 4 is 5.69 Å². The van der Waals surface area contributed by atoms with E-state index in [1.54, 1.807) is 6.07 Å². The normalized spacial score (nSPS) is 17.7. The molecule has 0 saturated heterocycles.